The summed E-state index contributed by atoms with van der Waals surface area (Å²) >= 11 is 0. The Morgan fingerprint density at radius 2 is 2.05 bits per heavy atom. The van der Waals surface area contributed by atoms with Crippen LogP contribution in [0, 0.1) is 10.1 Å². The van der Waals surface area contributed by atoms with Gasteiger partial charge in [-0.1, -0.05) is 0 Å². The highest BCUT2D eigenvalue weighted by Gasteiger charge is 2.33. The molecule has 0 spiro atoms. The molecule has 2 unspecified atom stereocenters. The number of nitro groups is 1. The molecule has 0 saturated heterocycles. The zero-order valence-electron chi connectivity index (χ0n) is 10.7. The van der Waals surface area contributed by atoms with Crippen LogP contribution in [0.25, 0.3) is 0 Å². The summed E-state index contributed by atoms with van der Waals surface area (Å²) in [4.78, 5) is 9.93. The summed E-state index contributed by atoms with van der Waals surface area (Å²) in [6.07, 6.45) is -3.16. The third-order valence-corrected chi connectivity index (χ3v) is 3.97. The van der Waals surface area contributed by atoms with Crippen molar-refractivity contribution < 1.29 is 22.3 Å². The summed E-state index contributed by atoms with van der Waals surface area (Å²) in [5, 5.41) is 13.2. The predicted octanol–water partition coefficient (Wildman–Crippen LogP) is 2.79. The third kappa shape index (κ3) is 4.19. The summed E-state index contributed by atoms with van der Waals surface area (Å²) < 4.78 is 48.7. The van der Waals surface area contributed by atoms with Gasteiger partial charge in [0.1, 0.15) is 5.69 Å². The molecule has 0 aliphatic carbocycles. The van der Waals surface area contributed by atoms with Crippen LogP contribution in [-0.4, -0.2) is 27.2 Å². The lowest BCUT2D eigenvalue weighted by molar-refractivity contribution is -0.384. The fraction of sp³-hybridized carbons (Fsp3) is 0.455. The molecule has 0 fully saturated rings. The normalized spacial score (nSPS) is 14.7. The molecule has 0 amide bonds. The SMILES string of the molecule is CC(CNc1ccc(C(F)(F)F)cc1[N+](=O)[O-])S(C)=O. The van der Waals surface area contributed by atoms with E-state index in [1.54, 1.807) is 6.92 Å². The maximum absolute atomic E-state index is 12.5. The number of nitrogens with zero attached hydrogens (tertiary/aromatic N) is 1. The monoisotopic (exact) mass is 310 g/mol. The third-order valence-electron chi connectivity index (χ3n) is 2.67. The molecule has 2 atom stereocenters. The Morgan fingerprint density at radius 3 is 2.50 bits per heavy atom. The molecule has 0 heterocycles. The minimum Gasteiger partial charge on any atom is -0.378 e. The van der Waals surface area contributed by atoms with E-state index in [-0.39, 0.29) is 17.5 Å². The van der Waals surface area contributed by atoms with E-state index >= 15 is 0 Å². The Morgan fingerprint density at radius 1 is 1.45 bits per heavy atom. The molecular weight excluding hydrogens is 297 g/mol. The highest BCUT2D eigenvalue weighted by atomic mass is 32.2. The van der Waals surface area contributed by atoms with Crippen LogP contribution < -0.4 is 5.32 Å². The zero-order chi connectivity index (χ0) is 15.5. The number of alkyl halides is 3. The van der Waals surface area contributed by atoms with Crippen LogP contribution >= 0.6 is 0 Å². The predicted molar refractivity (Wildman–Crippen MR) is 70.1 cm³/mol. The van der Waals surface area contributed by atoms with Crippen LogP contribution in [0.4, 0.5) is 24.5 Å². The summed E-state index contributed by atoms with van der Waals surface area (Å²) in [6.45, 7) is 1.83. The van der Waals surface area contributed by atoms with Gasteiger partial charge in [0.05, 0.1) is 10.5 Å². The van der Waals surface area contributed by atoms with Gasteiger partial charge in [0.2, 0.25) is 0 Å². The number of hydrogen-bond acceptors (Lipinski definition) is 4. The van der Waals surface area contributed by atoms with Gasteiger partial charge in [-0.3, -0.25) is 14.3 Å². The molecule has 0 saturated carbocycles. The molecule has 112 valence electrons. The van der Waals surface area contributed by atoms with Crippen molar-refractivity contribution in [3.8, 4) is 0 Å². The van der Waals surface area contributed by atoms with E-state index in [1.807, 2.05) is 0 Å². The van der Waals surface area contributed by atoms with E-state index < -0.39 is 33.2 Å². The topological polar surface area (TPSA) is 72.2 Å². The van der Waals surface area contributed by atoms with Gasteiger partial charge in [-0.2, -0.15) is 13.2 Å². The Hall–Kier alpha value is -1.64. The van der Waals surface area contributed by atoms with Crippen molar-refractivity contribution in [3.05, 3.63) is 33.9 Å². The Bertz CT molecular complexity index is 534. The second-order valence-corrected chi connectivity index (χ2v) is 5.98. The molecule has 9 heteroatoms. The average Bonchev–Trinajstić information content (AvgIpc) is 2.34. The fourth-order valence-corrected chi connectivity index (χ4v) is 1.70. The van der Waals surface area contributed by atoms with Gasteiger partial charge in [0, 0.05) is 34.9 Å². The van der Waals surface area contributed by atoms with Gasteiger partial charge in [0.25, 0.3) is 5.69 Å². The second kappa shape index (κ2) is 6.21. The standard InChI is InChI=1S/C11H13F3N2O3S/c1-7(20(2)19)6-15-9-4-3-8(11(12,13)14)5-10(9)16(17)18/h3-5,7,15H,6H2,1-2H3. The minimum atomic E-state index is -4.64. The first-order valence-electron chi connectivity index (χ1n) is 5.54. The van der Waals surface area contributed by atoms with Crippen molar-refractivity contribution in [2.24, 2.45) is 0 Å². The molecule has 20 heavy (non-hydrogen) atoms. The van der Waals surface area contributed by atoms with E-state index in [4.69, 9.17) is 0 Å². The average molecular weight is 310 g/mol. The first-order valence-corrected chi connectivity index (χ1v) is 7.16. The number of halogens is 3. The van der Waals surface area contributed by atoms with Gasteiger partial charge in [-0.05, 0) is 19.1 Å². The molecule has 0 radical (unpaired) electrons. The van der Waals surface area contributed by atoms with E-state index in [0.717, 1.165) is 12.1 Å². The van der Waals surface area contributed by atoms with Crippen molar-refractivity contribution in [2.75, 3.05) is 18.1 Å². The second-order valence-electron chi connectivity index (χ2n) is 4.18. The lowest BCUT2D eigenvalue weighted by atomic mass is 10.1. The summed E-state index contributed by atoms with van der Waals surface area (Å²) in [5.74, 6) is 0. The lowest BCUT2D eigenvalue weighted by Gasteiger charge is -2.13. The molecule has 1 aromatic rings. The van der Waals surface area contributed by atoms with Crippen LogP contribution in [0.2, 0.25) is 0 Å². The molecule has 0 aliphatic rings. The molecule has 1 N–H and O–H groups in total. The highest BCUT2D eigenvalue weighted by Crippen LogP contribution is 2.34. The summed E-state index contributed by atoms with van der Waals surface area (Å²) in [5.41, 5.74) is -1.77. The molecule has 0 aliphatic heterocycles. The lowest BCUT2D eigenvalue weighted by Crippen LogP contribution is -2.21. The van der Waals surface area contributed by atoms with Gasteiger partial charge in [0.15, 0.2) is 0 Å². The van der Waals surface area contributed by atoms with E-state index in [9.17, 15) is 27.5 Å². The number of benzene rings is 1. The van der Waals surface area contributed by atoms with Crippen molar-refractivity contribution in [1.82, 2.24) is 0 Å². The molecule has 5 nitrogen and oxygen atoms in total. The Labute approximate surface area is 115 Å². The molecule has 1 aromatic carbocycles. The van der Waals surface area contributed by atoms with Gasteiger partial charge in [-0.25, -0.2) is 0 Å². The van der Waals surface area contributed by atoms with Crippen molar-refractivity contribution >= 4 is 22.2 Å². The zero-order valence-corrected chi connectivity index (χ0v) is 11.5. The first kappa shape index (κ1) is 16.4. The van der Waals surface area contributed by atoms with Crippen LogP contribution in [-0.2, 0) is 17.0 Å². The van der Waals surface area contributed by atoms with Crippen LogP contribution in [0.15, 0.2) is 18.2 Å². The van der Waals surface area contributed by atoms with E-state index in [2.05, 4.69) is 5.32 Å². The number of anilines is 1. The van der Waals surface area contributed by atoms with Gasteiger partial charge >= 0.3 is 6.18 Å². The van der Waals surface area contributed by atoms with Crippen LogP contribution in [0.3, 0.4) is 0 Å². The van der Waals surface area contributed by atoms with Crippen LogP contribution in [0.5, 0.6) is 0 Å². The van der Waals surface area contributed by atoms with Gasteiger partial charge in [-0.15, -0.1) is 0 Å². The van der Waals surface area contributed by atoms with Crippen molar-refractivity contribution in [2.45, 2.75) is 18.3 Å². The quantitative estimate of drug-likeness (QED) is 0.670. The van der Waals surface area contributed by atoms with Crippen LogP contribution in [0.1, 0.15) is 12.5 Å². The summed E-state index contributed by atoms with van der Waals surface area (Å²) in [7, 11) is -1.13. The maximum atomic E-state index is 12.5. The first-order chi connectivity index (χ1) is 9.12. The smallest absolute Gasteiger partial charge is 0.378 e. The summed E-state index contributed by atoms with van der Waals surface area (Å²) in [6, 6.07) is 2.26. The molecule has 1 rings (SSSR count). The molecule has 0 aromatic heterocycles. The van der Waals surface area contributed by atoms with Gasteiger partial charge < -0.3 is 5.32 Å². The number of hydrogen-bond donors (Lipinski definition) is 1. The number of nitrogens with one attached hydrogen (secondary N) is 1. The van der Waals surface area contributed by atoms with E-state index in [1.165, 1.54) is 6.26 Å². The Balaban J connectivity index is 3.02. The fourth-order valence-electron chi connectivity index (χ4n) is 1.38. The number of rotatable bonds is 5. The maximum Gasteiger partial charge on any atom is 0.416 e. The number of nitro benzene ring substituents is 1. The minimum absolute atomic E-state index is 0.0275. The Kier molecular flexibility index (Phi) is 5.09. The van der Waals surface area contributed by atoms with E-state index in [0.29, 0.717) is 6.07 Å². The highest BCUT2D eigenvalue weighted by molar-refractivity contribution is 7.84. The van der Waals surface area contributed by atoms with Crippen molar-refractivity contribution in [3.63, 3.8) is 0 Å². The molecular formula is C11H13F3N2O3S. The molecule has 0 bridgehead atoms. The largest absolute Gasteiger partial charge is 0.416 e. The van der Waals surface area contributed by atoms with Crippen molar-refractivity contribution in [1.29, 1.82) is 0 Å².